The lowest BCUT2D eigenvalue weighted by molar-refractivity contribution is 0.0996. The first-order valence-electron chi connectivity index (χ1n) is 9.01. The van der Waals surface area contributed by atoms with E-state index in [0.717, 1.165) is 5.39 Å². The van der Waals surface area contributed by atoms with Gasteiger partial charge in [-0.05, 0) is 37.8 Å². The van der Waals surface area contributed by atoms with E-state index in [0.29, 0.717) is 40.3 Å². The molecule has 0 unspecified atom stereocenters. The Morgan fingerprint density at radius 2 is 2.18 bits per heavy atom. The zero-order valence-electron chi connectivity index (χ0n) is 15.2. The van der Waals surface area contributed by atoms with E-state index < -0.39 is 5.91 Å². The van der Waals surface area contributed by atoms with Gasteiger partial charge >= 0.3 is 0 Å². The zero-order valence-corrected chi connectivity index (χ0v) is 16.0. The van der Waals surface area contributed by atoms with E-state index in [1.54, 1.807) is 18.2 Å². The second kappa shape index (κ2) is 7.20. The van der Waals surface area contributed by atoms with Gasteiger partial charge in [-0.1, -0.05) is 11.6 Å². The molecule has 9 heteroatoms. The second-order valence-electron chi connectivity index (χ2n) is 7.05. The minimum atomic E-state index is -0.605. The molecule has 3 aromatic rings. The highest BCUT2D eigenvalue weighted by atomic mass is 35.5. The molecular weight excluding hydrogens is 382 g/mol. The molecule has 146 valence electrons. The topological polar surface area (TPSA) is 126 Å². The number of H-pyrrole nitrogens is 2. The number of nitrogens with zero attached hydrogens (tertiary/aromatic N) is 1. The Morgan fingerprint density at radius 3 is 2.86 bits per heavy atom. The summed E-state index contributed by atoms with van der Waals surface area (Å²) in [4.78, 5) is 33.4. The number of ether oxygens (including phenoxy) is 1. The molecule has 4 rings (SSSR count). The van der Waals surface area contributed by atoms with Crippen LogP contribution in [-0.4, -0.2) is 27.5 Å². The molecule has 1 aliphatic rings. The van der Waals surface area contributed by atoms with Crippen molar-refractivity contribution in [2.75, 3.05) is 11.9 Å². The van der Waals surface area contributed by atoms with Crippen molar-refractivity contribution in [1.29, 1.82) is 0 Å². The summed E-state index contributed by atoms with van der Waals surface area (Å²) in [6.07, 6.45) is 3.71. The van der Waals surface area contributed by atoms with Crippen molar-refractivity contribution in [3.63, 3.8) is 0 Å². The summed E-state index contributed by atoms with van der Waals surface area (Å²) < 4.78 is 5.77. The number of anilines is 1. The number of carbonyl (C=O) groups excluding carboxylic acids is 1. The number of carbonyl (C=O) groups is 1. The van der Waals surface area contributed by atoms with Crippen LogP contribution in [-0.2, 0) is 0 Å². The molecule has 1 aliphatic carbocycles. The summed E-state index contributed by atoms with van der Waals surface area (Å²) >= 11 is 6.35. The lowest BCUT2D eigenvalue weighted by Crippen LogP contribution is -2.20. The number of imidazole rings is 1. The van der Waals surface area contributed by atoms with Crippen LogP contribution in [0.25, 0.3) is 10.9 Å². The number of rotatable bonds is 7. The number of hydrogen-bond acceptors (Lipinski definition) is 5. The SMILES string of the molecule is C[C@H](Nc1ncc(C(N)=O)[nH]1)c1cc2cc(Cl)c(OCC3CC3)cc2[nH]c1=O. The highest BCUT2D eigenvalue weighted by molar-refractivity contribution is 6.32. The van der Waals surface area contributed by atoms with Crippen molar-refractivity contribution in [3.05, 3.63) is 51.0 Å². The standard InChI is InChI=1S/C19H20ClN5O3/c1-9(23-19-22-7-15(25-19)17(21)26)12-4-11-5-13(20)16(28-8-10-2-3-10)6-14(11)24-18(12)27/h4-7,9-10H,2-3,8H2,1H3,(H2,21,26)(H,24,27)(H2,22,23,25)/t9-/m0/s1. The molecule has 28 heavy (non-hydrogen) atoms. The van der Waals surface area contributed by atoms with Crippen molar-refractivity contribution in [2.24, 2.45) is 11.7 Å². The van der Waals surface area contributed by atoms with Gasteiger partial charge in [0.05, 0.1) is 29.4 Å². The molecule has 0 spiro atoms. The van der Waals surface area contributed by atoms with Crippen LogP contribution >= 0.6 is 11.6 Å². The Labute approximate surface area is 165 Å². The normalized spacial score (nSPS) is 14.8. The number of pyridine rings is 1. The minimum Gasteiger partial charge on any atom is -0.492 e. The molecule has 1 amide bonds. The Hall–Kier alpha value is -3.00. The highest BCUT2D eigenvalue weighted by Crippen LogP contribution is 2.33. The summed E-state index contributed by atoms with van der Waals surface area (Å²) in [6, 6.07) is 4.95. The maximum absolute atomic E-state index is 12.6. The van der Waals surface area contributed by atoms with Crippen LogP contribution in [0.1, 0.15) is 41.9 Å². The van der Waals surface area contributed by atoms with E-state index in [9.17, 15) is 9.59 Å². The number of halogens is 1. The average molecular weight is 402 g/mol. The third-order valence-electron chi connectivity index (χ3n) is 4.76. The molecule has 1 aromatic carbocycles. The molecule has 1 saturated carbocycles. The van der Waals surface area contributed by atoms with Crippen LogP contribution in [0.2, 0.25) is 5.02 Å². The van der Waals surface area contributed by atoms with Gasteiger partial charge in [0.1, 0.15) is 11.4 Å². The van der Waals surface area contributed by atoms with Crippen molar-refractivity contribution < 1.29 is 9.53 Å². The average Bonchev–Trinajstić information content (AvgIpc) is 3.36. The van der Waals surface area contributed by atoms with Gasteiger partial charge < -0.3 is 25.8 Å². The van der Waals surface area contributed by atoms with E-state index in [2.05, 4.69) is 20.3 Å². The fourth-order valence-corrected chi connectivity index (χ4v) is 3.18. The van der Waals surface area contributed by atoms with Crippen LogP contribution in [0.5, 0.6) is 5.75 Å². The molecule has 5 N–H and O–H groups in total. The van der Waals surface area contributed by atoms with Gasteiger partial charge in [0.2, 0.25) is 5.95 Å². The van der Waals surface area contributed by atoms with Crippen LogP contribution in [0.4, 0.5) is 5.95 Å². The van der Waals surface area contributed by atoms with E-state index in [-0.39, 0.29) is 17.3 Å². The summed E-state index contributed by atoms with van der Waals surface area (Å²) in [5, 5.41) is 4.35. The van der Waals surface area contributed by atoms with Crippen molar-refractivity contribution in [2.45, 2.75) is 25.8 Å². The zero-order chi connectivity index (χ0) is 19.8. The molecule has 1 fully saturated rings. The van der Waals surface area contributed by atoms with Crippen LogP contribution in [0.15, 0.2) is 29.2 Å². The molecule has 2 heterocycles. The highest BCUT2D eigenvalue weighted by Gasteiger charge is 2.22. The minimum absolute atomic E-state index is 0.188. The van der Waals surface area contributed by atoms with Gasteiger partial charge in [-0.3, -0.25) is 9.59 Å². The number of aromatic amines is 2. The molecular formula is C19H20ClN5O3. The number of nitrogens with one attached hydrogen (secondary N) is 3. The molecule has 0 bridgehead atoms. The molecule has 8 nitrogen and oxygen atoms in total. The first-order valence-corrected chi connectivity index (χ1v) is 9.39. The summed E-state index contributed by atoms with van der Waals surface area (Å²) in [7, 11) is 0. The first kappa shape index (κ1) is 18.4. The predicted octanol–water partition coefficient (Wildman–Crippen LogP) is 2.97. The Kier molecular flexibility index (Phi) is 4.72. The van der Waals surface area contributed by atoms with E-state index >= 15 is 0 Å². The maximum Gasteiger partial charge on any atom is 0.266 e. The fraction of sp³-hybridized carbons (Fsp3) is 0.316. The van der Waals surface area contributed by atoms with Crippen molar-refractivity contribution in [3.8, 4) is 5.75 Å². The van der Waals surface area contributed by atoms with Gasteiger partial charge in [0.25, 0.3) is 11.5 Å². The second-order valence-corrected chi connectivity index (χ2v) is 7.46. The fourth-order valence-electron chi connectivity index (χ4n) is 2.95. The van der Waals surface area contributed by atoms with E-state index in [1.165, 1.54) is 19.0 Å². The van der Waals surface area contributed by atoms with Gasteiger partial charge in [-0.2, -0.15) is 0 Å². The predicted molar refractivity (Wildman–Crippen MR) is 107 cm³/mol. The summed E-state index contributed by atoms with van der Waals surface area (Å²) in [5.74, 6) is 0.927. The Bertz CT molecular complexity index is 1100. The van der Waals surface area contributed by atoms with Crippen LogP contribution < -0.4 is 21.3 Å². The van der Waals surface area contributed by atoms with Crippen LogP contribution in [0.3, 0.4) is 0 Å². The lowest BCUT2D eigenvalue weighted by Gasteiger charge is -2.14. The van der Waals surface area contributed by atoms with Crippen molar-refractivity contribution in [1.82, 2.24) is 15.0 Å². The van der Waals surface area contributed by atoms with Gasteiger partial charge in [0, 0.05) is 17.0 Å². The number of aromatic nitrogens is 3. The third-order valence-corrected chi connectivity index (χ3v) is 5.05. The maximum atomic E-state index is 12.6. The Morgan fingerprint density at radius 1 is 1.39 bits per heavy atom. The number of benzene rings is 1. The molecule has 0 aliphatic heterocycles. The van der Waals surface area contributed by atoms with Crippen LogP contribution in [0, 0.1) is 5.92 Å². The lowest BCUT2D eigenvalue weighted by atomic mass is 10.1. The van der Waals surface area contributed by atoms with E-state index in [1.807, 2.05) is 6.92 Å². The quantitative estimate of drug-likeness (QED) is 0.484. The number of amides is 1. The number of nitrogens with two attached hydrogens (primary N) is 1. The summed E-state index contributed by atoms with van der Waals surface area (Å²) in [5.41, 5.74) is 6.33. The van der Waals surface area contributed by atoms with E-state index in [4.69, 9.17) is 22.1 Å². The van der Waals surface area contributed by atoms with Gasteiger partial charge in [0.15, 0.2) is 0 Å². The largest absolute Gasteiger partial charge is 0.492 e. The van der Waals surface area contributed by atoms with Gasteiger partial charge in [-0.25, -0.2) is 4.98 Å². The smallest absolute Gasteiger partial charge is 0.266 e. The molecule has 2 aromatic heterocycles. The van der Waals surface area contributed by atoms with Gasteiger partial charge in [-0.15, -0.1) is 0 Å². The molecule has 0 saturated heterocycles. The molecule has 1 atom stereocenters. The number of hydrogen-bond donors (Lipinski definition) is 4. The van der Waals surface area contributed by atoms with Crippen molar-refractivity contribution >= 4 is 34.4 Å². The monoisotopic (exact) mass is 401 g/mol. The number of primary amides is 1. The first-order chi connectivity index (χ1) is 13.4. The number of fused-ring (bicyclic) bond motifs is 1. The molecule has 0 radical (unpaired) electrons. The third kappa shape index (κ3) is 3.82. The Balaban J connectivity index is 1.59. The summed E-state index contributed by atoms with van der Waals surface area (Å²) in [6.45, 7) is 2.46.